The first-order valence-electron chi connectivity index (χ1n) is 10.6. The number of carbonyl (C=O) groups is 1. The van der Waals surface area contributed by atoms with Crippen LogP contribution in [0.15, 0.2) is 24.5 Å². The van der Waals surface area contributed by atoms with Crippen molar-refractivity contribution in [2.45, 2.75) is 44.1 Å². The number of anilines is 1. The molecule has 0 radical (unpaired) electrons. The largest absolute Gasteiger partial charge is 0.416 e. The van der Waals surface area contributed by atoms with Crippen LogP contribution in [0.3, 0.4) is 0 Å². The lowest BCUT2D eigenvalue weighted by atomic mass is 10.0. The average Bonchev–Trinajstić information content (AvgIpc) is 3.44. The number of fused-ring (bicyclic) bond motifs is 1. The summed E-state index contributed by atoms with van der Waals surface area (Å²) in [6, 6.07) is 0.975. The highest BCUT2D eigenvalue weighted by molar-refractivity contribution is 6.28. The number of carbonyl (C=O) groups excluding carboxylic acids is 1. The second-order valence-electron chi connectivity index (χ2n) is 8.08. The second-order valence-corrected chi connectivity index (χ2v) is 8.42. The first kappa shape index (κ1) is 25.0. The summed E-state index contributed by atoms with van der Waals surface area (Å²) < 4.78 is 80.0. The Morgan fingerprint density at radius 1 is 1.00 bits per heavy atom. The summed E-state index contributed by atoms with van der Waals surface area (Å²) in [5, 5.41) is 5.20. The van der Waals surface area contributed by atoms with E-state index in [9.17, 15) is 31.1 Å². The standard InChI is InChI=1S/C21H19ClF6N6O/c22-19-32-16(15-17(33-19)34(10-31-15)14-3-1-2-4-14)29-5-6-30-18(35)11-7-12(20(23,24)25)9-13(8-11)21(26,27)28/h7-10,14H,1-6H2,(H,30,35)(H,29,32,33). The maximum atomic E-state index is 13.0. The van der Waals surface area contributed by atoms with Gasteiger partial charge in [-0.05, 0) is 42.6 Å². The van der Waals surface area contributed by atoms with Gasteiger partial charge in [-0.25, -0.2) is 4.98 Å². The zero-order chi connectivity index (χ0) is 25.4. The molecule has 1 aliphatic rings. The lowest BCUT2D eigenvalue weighted by Gasteiger charge is -2.14. The van der Waals surface area contributed by atoms with E-state index < -0.39 is 35.0 Å². The fraction of sp³-hybridized carbons (Fsp3) is 0.429. The van der Waals surface area contributed by atoms with Gasteiger partial charge in [0.2, 0.25) is 5.28 Å². The molecule has 4 rings (SSSR count). The van der Waals surface area contributed by atoms with Crippen molar-refractivity contribution in [3.63, 3.8) is 0 Å². The van der Waals surface area contributed by atoms with E-state index in [-0.39, 0.29) is 30.5 Å². The first-order chi connectivity index (χ1) is 16.4. The highest BCUT2D eigenvalue weighted by Crippen LogP contribution is 2.36. The van der Waals surface area contributed by atoms with Gasteiger partial charge in [0.15, 0.2) is 17.0 Å². The third kappa shape index (κ3) is 5.60. The number of imidazole rings is 1. The van der Waals surface area contributed by atoms with E-state index in [2.05, 4.69) is 25.6 Å². The maximum Gasteiger partial charge on any atom is 0.416 e. The molecule has 0 atom stereocenters. The van der Waals surface area contributed by atoms with Gasteiger partial charge in [-0.1, -0.05) is 12.8 Å². The molecule has 0 unspecified atom stereocenters. The fourth-order valence-corrected chi connectivity index (χ4v) is 4.17. The molecule has 1 amide bonds. The molecular weight excluding hydrogens is 502 g/mol. The van der Waals surface area contributed by atoms with Crippen LogP contribution in [0.1, 0.15) is 53.2 Å². The van der Waals surface area contributed by atoms with E-state index in [0.717, 1.165) is 25.7 Å². The average molecular weight is 521 g/mol. The number of hydrogen-bond acceptors (Lipinski definition) is 5. The Hall–Kier alpha value is -3.09. The number of aromatic nitrogens is 4. The third-order valence-electron chi connectivity index (χ3n) is 5.67. The monoisotopic (exact) mass is 520 g/mol. The zero-order valence-corrected chi connectivity index (χ0v) is 18.7. The summed E-state index contributed by atoms with van der Waals surface area (Å²) >= 11 is 6.05. The molecular formula is C21H19ClF6N6O. The van der Waals surface area contributed by atoms with Crippen molar-refractivity contribution in [1.82, 2.24) is 24.8 Å². The second kappa shape index (κ2) is 9.51. The summed E-state index contributed by atoms with van der Waals surface area (Å²) in [5.74, 6) is -0.788. The van der Waals surface area contributed by atoms with Crippen LogP contribution in [0.2, 0.25) is 5.28 Å². The maximum absolute atomic E-state index is 13.0. The fourth-order valence-electron chi connectivity index (χ4n) is 4.01. The van der Waals surface area contributed by atoms with Gasteiger partial charge in [-0.15, -0.1) is 0 Å². The number of halogens is 7. The van der Waals surface area contributed by atoms with E-state index in [1.54, 1.807) is 6.33 Å². The Labute approximate surface area is 199 Å². The molecule has 7 nitrogen and oxygen atoms in total. The van der Waals surface area contributed by atoms with Crippen LogP contribution in [-0.4, -0.2) is 38.5 Å². The van der Waals surface area contributed by atoms with Crippen molar-refractivity contribution in [2.24, 2.45) is 0 Å². The minimum atomic E-state index is -5.04. The lowest BCUT2D eigenvalue weighted by molar-refractivity contribution is -0.143. The van der Waals surface area contributed by atoms with Crippen molar-refractivity contribution < 1.29 is 31.1 Å². The normalized spacial score (nSPS) is 15.1. The van der Waals surface area contributed by atoms with Crippen molar-refractivity contribution in [2.75, 3.05) is 18.4 Å². The zero-order valence-electron chi connectivity index (χ0n) is 18.0. The summed E-state index contributed by atoms with van der Waals surface area (Å²) in [6.07, 6.45) is -4.24. The van der Waals surface area contributed by atoms with E-state index in [1.165, 1.54) is 0 Å². The Balaban J connectivity index is 1.44. The van der Waals surface area contributed by atoms with E-state index >= 15 is 0 Å². The molecule has 188 valence electrons. The third-order valence-corrected chi connectivity index (χ3v) is 5.83. The molecule has 0 bridgehead atoms. The van der Waals surface area contributed by atoms with Crippen LogP contribution in [0, 0.1) is 0 Å². The van der Waals surface area contributed by atoms with Gasteiger partial charge in [-0.3, -0.25) is 4.79 Å². The van der Waals surface area contributed by atoms with E-state index in [1.807, 2.05) is 4.57 Å². The van der Waals surface area contributed by atoms with Gasteiger partial charge in [0, 0.05) is 24.7 Å². The van der Waals surface area contributed by atoms with Crippen molar-refractivity contribution in [1.29, 1.82) is 0 Å². The summed E-state index contributed by atoms with van der Waals surface area (Å²) in [7, 11) is 0. The smallest absolute Gasteiger partial charge is 0.366 e. The van der Waals surface area contributed by atoms with Crippen LogP contribution in [0.4, 0.5) is 32.2 Å². The van der Waals surface area contributed by atoms with Crippen LogP contribution >= 0.6 is 11.6 Å². The summed E-state index contributed by atoms with van der Waals surface area (Å²) in [6.45, 7) is -0.0710. The minimum absolute atomic E-state index is 0.0209. The molecule has 2 N–H and O–H groups in total. The van der Waals surface area contributed by atoms with Crippen molar-refractivity contribution >= 4 is 34.5 Å². The topological polar surface area (TPSA) is 84.7 Å². The molecule has 0 saturated heterocycles. The molecule has 2 heterocycles. The van der Waals surface area contributed by atoms with Crippen LogP contribution in [-0.2, 0) is 12.4 Å². The lowest BCUT2D eigenvalue weighted by Crippen LogP contribution is -2.29. The highest BCUT2D eigenvalue weighted by Gasteiger charge is 2.37. The van der Waals surface area contributed by atoms with E-state index in [0.29, 0.717) is 29.1 Å². The van der Waals surface area contributed by atoms with Crippen molar-refractivity contribution in [3.05, 3.63) is 46.5 Å². The first-order valence-corrected chi connectivity index (χ1v) is 11.0. The van der Waals surface area contributed by atoms with Gasteiger partial charge in [0.25, 0.3) is 5.91 Å². The Morgan fingerprint density at radius 3 is 2.23 bits per heavy atom. The van der Waals surface area contributed by atoms with Crippen LogP contribution < -0.4 is 10.6 Å². The predicted molar refractivity (Wildman–Crippen MR) is 115 cm³/mol. The summed E-state index contributed by atoms with van der Waals surface area (Å²) in [5.41, 5.74) is -2.87. The molecule has 0 aliphatic heterocycles. The van der Waals surface area contributed by atoms with Gasteiger partial charge < -0.3 is 15.2 Å². The number of hydrogen-bond donors (Lipinski definition) is 2. The number of nitrogens with one attached hydrogen (secondary N) is 2. The number of benzene rings is 1. The highest BCUT2D eigenvalue weighted by atomic mass is 35.5. The Kier molecular flexibility index (Phi) is 6.80. The summed E-state index contributed by atoms with van der Waals surface area (Å²) in [4.78, 5) is 25.0. The molecule has 1 aliphatic carbocycles. The molecule has 1 aromatic carbocycles. The molecule has 2 aromatic heterocycles. The van der Waals surface area contributed by atoms with Gasteiger partial charge in [0.05, 0.1) is 17.5 Å². The molecule has 1 fully saturated rings. The van der Waals surface area contributed by atoms with Gasteiger partial charge in [0.1, 0.15) is 0 Å². The van der Waals surface area contributed by atoms with Crippen LogP contribution in [0.25, 0.3) is 11.2 Å². The number of nitrogens with zero attached hydrogens (tertiary/aromatic N) is 4. The SMILES string of the molecule is O=C(NCCNc1nc(Cl)nc2c1ncn2C1CCCC1)c1cc(C(F)(F)F)cc(C(F)(F)F)c1. The number of amides is 1. The van der Waals surface area contributed by atoms with Gasteiger partial charge >= 0.3 is 12.4 Å². The van der Waals surface area contributed by atoms with Crippen molar-refractivity contribution in [3.8, 4) is 0 Å². The molecule has 3 aromatic rings. The van der Waals surface area contributed by atoms with E-state index in [4.69, 9.17) is 11.6 Å². The molecule has 0 spiro atoms. The molecule has 14 heteroatoms. The Bertz CT molecular complexity index is 1200. The number of alkyl halides is 6. The minimum Gasteiger partial charge on any atom is -0.366 e. The van der Waals surface area contributed by atoms with Gasteiger partial charge in [-0.2, -0.15) is 36.3 Å². The molecule has 35 heavy (non-hydrogen) atoms. The number of rotatable bonds is 6. The quantitative estimate of drug-likeness (QED) is 0.256. The molecule has 1 saturated carbocycles. The Morgan fingerprint density at radius 2 is 1.63 bits per heavy atom. The predicted octanol–water partition coefficient (Wildman–Crippen LogP) is 5.47. The van der Waals surface area contributed by atoms with Crippen LogP contribution in [0.5, 0.6) is 0 Å².